The third-order valence-electron chi connectivity index (χ3n) is 2.94. The van der Waals surface area contributed by atoms with E-state index in [1.165, 1.54) is 21.0 Å². The van der Waals surface area contributed by atoms with Crippen molar-refractivity contribution in [3.05, 3.63) is 41.5 Å². The lowest BCUT2D eigenvalue weighted by Gasteiger charge is -2.08. The van der Waals surface area contributed by atoms with Crippen LogP contribution in [0.2, 0.25) is 0 Å². The number of methoxy groups -OCH3 is 1. The minimum absolute atomic E-state index is 0.0112. The summed E-state index contributed by atoms with van der Waals surface area (Å²) in [6.45, 7) is 3.02. The molecule has 3 heteroatoms. The lowest BCUT2D eigenvalue weighted by atomic mass is 10.0. The van der Waals surface area contributed by atoms with Gasteiger partial charge < -0.3 is 4.74 Å². The molecule has 2 aromatic carbocycles. The summed E-state index contributed by atoms with van der Waals surface area (Å²) in [6, 6.07) is 9.01. The van der Waals surface area contributed by atoms with Gasteiger partial charge in [-0.25, -0.2) is 0 Å². The predicted molar refractivity (Wildman–Crippen MR) is 70.5 cm³/mol. The number of rotatable bonds is 3. The van der Waals surface area contributed by atoms with Gasteiger partial charge in [0, 0.05) is 5.56 Å². The number of Topliss-reactive ketones (excluding diaryl/α,β-unsaturated/α-hetero) is 2. The SMILES string of the molecule is COc1cc2ccc(C(C)=O)cc2cc1C(C)=O. The second kappa shape index (κ2) is 4.61. The van der Waals surface area contributed by atoms with Crippen LogP contribution in [0.15, 0.2) is 30.3 Å². The van der Waals surface area contributed by atoms with Crippen LogP contribution in [-0.4, -0.2) is 18.7 Å². The largest absolute Gasteiger partial charge is 0.496 e. The van der Waals surface area contributed by atoms with Crippen LogP contribution in [0, 0.1) is 0 Å². The third kappa shape index (κ3) is 2.12. The fourth-order valence-corrected chi connectivity index (χ4v) is 1.94. The van der Waals surface area contributed by atoms with Crippen LogP contribution >= 0.6 is 0 Å². The Morgan fingerprint density at radius 3 is 2.22 bits per heavy atom. The summed E-state index contributed by atoms with van der Waals surface area (Å²) >= 11 is 0. The number of hydrogen-bond acceptors (Lipinski definition) is 3. The Morgan fingerprint density at radius 1 is 0.944 bits per heavy atom. The highest BCUT2D eigenvalue weighted by Gasteiger charge is 2.10. The van der Waals surface area contributed by atoms with Gasteiger partial charge in [0.25, 0.3) is 0 Å². The fourth-order valence-electron chi connectivity index (χ4n) is 1.94. The molecule has 0 aromatic heterocycles. The Kier molecular flexibility index (Phi) is 3.15. The van der Waals surface area contributed by atoms with E-state index in [4.69, 9.17) is 4.74 Å². The molecule has 0 aliphatic heterocycles. The summed E-state index contributed by atoms with van der Waals surface area (Å²) in [5, 5.41) is 1.82. The van der Waals surface area contributed by atoms with Crippen LogP contribution in [0.1, 0.15) is 34.6 Å². The molecule has 0 saturated heterocycles. The van der Waals surface area contributed by atoms with Crippen LogP contribution < -0.4 is 4.74 Å². The zero-order chi connectivity index (χ0) is 13.3. The lowest BCUT2D eigenvalue weighted by Crippen LogP contribution is -1.98. The van der Waals surface area contributed by atoms with Gasteiger partial charge >= 0.3 is 0 Å². The molecular formula is C15H14O3. The maximum atomic E-state index is 11.5. The molecule has 2 rings (SSSR count). The first-order chi connectivity index (χ1) is 8.52. The quantitative estimate of drug-likeness (QED) is 0.776. The highest BCUT2D eigenvalue weighted by atomic mass is 16.5. The Morgan fingerprint density at radius 2 is 1.67 bits per heavy atom. The molecule has 0 atom stereocenters. The second-order valence-electron chi connectivity index (χ2n) is 4.23. The van der Waals surface area contributed by atoms with Crippen LogP contribution in [0.4, 0.5) is 0 Å². The zero-order valence-corrected chi connectivity index (χ0v) is 10.6. The molecule has 0 aliphatic rings. The highest BCUT2D eigenvalue weighted by molar-refractivity contribution is 6.03. The minimum Gasteiger partial charge on any atom is -0.496 e. The van der Waals surface area contributed by atoms with Crippen molar-refractivity contribution in [3.63, 3.8) is 0 Å². The van der Waals surface area contributed by atoms with E-state index in [0.29, 0.717) is 16.9 Å². The Balaban J connectivity index is 2.72. The molecule has 0 bridgehead atoms. The van der Waals surface area contributed by atoms with Crippen molar-refractivity contribution in [1.29, 1.82) is 0 Å². The van der Waals surface area contributed by atoms with Gasteiger partial charge in [-0.2, -0.15) is 0 Å². The Bertz CT molecular complexity index is 641. The van der Waals surface area contributed by atoms with Crippen molar-refractivity contribution < 1.29 is 14.3 Å². The molecular weight excluding hydrogens is 228 g/mol. The fraction of sp³-hybridized carbons (Fsp3) is 0.200. The van der Waals surface area contributed by atoms with Gasteiger partial charge in [0.1, 0.15) is 5.75 Å². The molecule has 92 valence electrons. The van der Waals surface area contributed by atoms with Gasteiger partial charge in [-0.15, -0.1) is 0 Å². The summed E-state index contributed by atoms with van der Waals surface area (Å²) in [7, 11) is 1.54. The van der Waals surface area contributed by atoms with Crippen molar-refractivity contribution >= 4 is 22.3 Å². The average Bonchev–Trinajstić information content (AvgIpc) is 2.36. The van der Waals surface area contributed by atoms with Gasteiger partial charge in [-0.1, -0.05) is 12.1 Å². The first-order valence-corrected chi connectivity index (χ1v) is 5.66. The summed E-state index contributed by atoms with van der Waals surface area (Å²) in [5.74, 6) is 0.518. The van der Waals surface area contributed by atoms with Gasteiger partial charge in [-0.05, 0) is 42.8 Å². The molecule has 0 saturated carbocycles. The summed E-state index contributed by atoms with van der Waals surface area (Å²) in [4.78, 5) is 22.9. The number of hydrogen-bond donors (Lipinski definition) is 0. The van der Waals surface area contributed by atoms with E-state index >= 15 is 0 Å². The van der Waals surface area contributed by atoms with Crippen molar-refractivity contribution in [1.82, 2.24) is 0 Å². The molecule has 18 heavy (non-hydrogen) atoms. The molecule has 0 spiro atoms. The number of ether oxygens (including phenoxy) is 1. The van der Waals surface area contributed by atoms with Gasteiger partial charge in [0.15, 0.2) is 11.6 Å². The topological polar surface area (TPSA) is 43.4 Å². The summed E-state index contributed by atoms with van der Waals surface area (Å²) in [6.07, 6.45) is 0. The first-order valence-electron chi connectivity index (χ1n) is 5.66. The number of carbonyl (C=O) groups excluding carboxylic acids is 2. The van der Waals surface area contributed by atoms with Crippen LogP contribution in [0.3, 0.4) is 0 Å². The van der Waals surface area contributed by atoms with Crippen LogP contribution in [-0.2, 0) is 0 Å². The van der Waals surface area contributed by atoms with Crippen LogP contribution in [0.25, 0.3) is 10.8 Å². The maximum Gasteiger partial charge on any atom is 0.163 e. The first kappa shape index (κ1) is 12.3. The molecule has 0 N–H and O–H groups in total. The van der Waals surface area contributed by atoms with Crippen molar-refractivity contribution in [2.75, 3.05) is 7.11 Å². The Labute approximate surface area is 105 Å². The highest BCUT2D eigenvalue weighted by Crippen LogP contribution is 2.27. The van der Waals surface area contributed by atoms with Gasteiger partial charge in [0.2, 0.25) is 0 Å². The van der Waals surface area contributed by atoms with E-state index < -0.39 is 0 Å². The maximum absolute atomic E-state index is 11.5. The predicted octanol–water partition coefficient (Wildman–Crippen LogP) is 3.25. The third-order valence-corrected chi connectivity index (χ3v) is 2.94. The summed E-state index contributed by atoms with van der Waals surface area (Å²) < 4.78 is 5.20. The van der Waals surface area contributed by atoms with E-state index in [0.717, 1.165) is 10.8 Å². The molecule has 0 heterocycles. The van der Waals surface area contributed by atoms with E-state index in [-0.39, 0.29) is 11.6 Å². The second-order valence-corrected chi connectivity index (χ2v) is 4.23. The van der Waals surface area contributed by atoms with Crippen molar-refractivity contribution in [3.8, 4) is 5.75 Å². The lowest BCUT2D eigenvalue weighted by molar-refractivity contribution is 0.100. The number of ketones is 2. The molecule has 3 nitrogen and oxygen atoms in total. The zero-order valence-electron chi connectivity index (χ0n) is 10.6. The number of benzene rings is 2. The van der Waals surface area contributed by atoms with E-state index in [9.17, 15) is 9.59 Å². The molecule has 0 unspecified atom stereocenters. The minimum atomic E-state index is -0.0537. The standard InChI is InChI=1S/C15H14O3/c1-9(16)11-4-5-12-8-15(18-3)14(10(2)17)7-13(12)6-11/h4-8H,1-3H3. The molecule has 0 aliphatic carbocycles. The molecule has 0 fully saturated rings. The Hall–Kier alpha value is -2.16. The summed E-state index contributed by atoms with van der Waals surface area (Å²) in [5.41, 5.74) is 1.17. The van der Waals surface area contributed by atoms with Crippen molar-refractivity contribution in [2.24, 2.45) is 0 Å². The van der Waals surface area contributed by atoms with E-state index in [1.54, 1.807) is 18.2 Å². The molecule has 0 amide bonds. The van der Waals surface area contributed by atoms with Crippen molar-refractivity contribution in [2.45, 2.75) is 13.8 Å². The van der Waals surface area contributed by atoms with E-state index in [1.807, 2.05) is 12.1 Å². The van der Waals surface area contributed by atoms with Gasteiger partial charge in [-0.3, -0.25) is 9.59 Å². The average molecular weight is 242 g/mol. The molecule has 0 radical (unpaired) electrons. The normalized spacial score (nSPS) is 10.4. The molecule has 2 aromatic rings. The van der Waals surface area contributed by atoms with Gasteiger partial charge in [0.05, 0.1) is 12.7 Å². The monoisotopic (exact) mass is 242 g/mol. The smallest absolute Gasteiger partial charge is 0.163 e. The number of carbonyl (C=O) groups is 2. The van der Waals surface area contributed by atoms with E-state index in [2.05, 4.69) is 0 Å². The van der Waals surface area contributed by atoms with Crippen LogP contribution in [0.5, 0.6) is 5.75 Å². The number of fused-ring (bicyclic) bond motifs is 1.